The normalized spacial score (nSPS) is 11.9. The lowest BCUT2D eigenvalue weighted by Gasteiger charge is -2.07. The van der Waals surface area contributed by atoms with Crippen LogP contribution in [0.4, 0.5) is 0 Å². The van der Waals surface area contributed by atoms with Crippen molar-refractivity contribution in [1.29, 1.82) is 0 Å². The van der Waals surface area contributed by atoms with E-state index in [0.29, 0.717) is 0 Å². The number of unbranched alkanes of at least 4 members (excludes halogenated alkanes) is 3. The average Bonchev–Trinajstić information content (AvgIpc) is 3.15. The Morgan fingerprint density at radius 1 is 1.07 bits per heavy atom. The standard InChI is InChI=1S/C24H33N3/c1-5-21(23-14-13-22-15-17-27-24(22)18-23)12-11-20(3)26-16-9-7-6-8-10-19(2)25-4/h5,11-15,17-18,25-27H,2-3,6-10,16H2,1,4H3/b12-11-,21-5+. The number of aromatic amines is 1. The van der Waals surface area contributed by atoms with Crippen LogP contribution in [0.15, 0.2) is 73.2 Å². The zero-order chi connectivity index (χ0) is 19.5. The number of nitrogens with one attached hydrogen (secondary N) is 3. The van der Waals surface area contributed by atoms with Gasteiger partial charge in [0.05, 0.1) is 0 Å². The molecule has 0 radical (unpaired) electrons. The molecule has 0 aliphatic rings. The number of hydrogen-bond donors (Lipinski definition) is 3. The fourth-order valence-electron chi connectivity index (χ4n) is 3.03. The zero-order valence-electron chi connectivity index (χ0n) is 16.8. The number of H-pyrrole nitrogens is 1. The number of benzene rings is 1. The van der Waals surface area contributed by atoms with Crippen LogP contribution in [0.5, 0.6) is 0 Å². The van der Waals surface area contributed by atoms with E-state index >= 15 is 0 Å². The predicted octanol–water partition coefficient (Wildman–Crippen LogP) is 5.91. The number of rotatable bonds is 12. The summed E-state index contributed by atoms with van der Waals surface area (Å²) in [4.78, 5) is 3.27. The van der Waals surface area contributed by atoms with Gasteiger partial charge >= 0.3 is 0 Å². The Kier molecular flexibility index (Phi) is 8.50. The van der Waals surface area contributed by atoms with Crippen molar-refractivity contribution in [2.75, 3.05) is 13.6 Å². The van der Waals surface area contributed by atoms with E-state index in [0.717, 1.165) is 29.9 Å². The molecule has 27 heavy (non-hydrogen) atoms. The summed E-state index contributed by atoms with van der Waals surface area (Å²) in [7, 11) is 1.93. The number of aromatic nitrogens is 1. The van der Waals surface area contributed by atoms with Crippen molar-refractivity contribution in [2.45, 2.75) is 39.0 Å². The Labute approximate surface area is 164 Å². The van der Waals surface area contributed by atoms with Gasteiger partial charge in [0.1, 0.15) is 0 Å². The molecule has 0 spiro atoms. The first-order chi connectivity index (χ1) is 13.1. The zero-order valence-corrected chi connectivity index (χ0v) is 16.8. The SMILES string of the molecule is C=C(/C=C\C(=C/C)c1ccc2cc[nH]c2c1)NCCCCCCC(=C)NC. The summed E-state index contributed by atoms with van der Waals surface area (Å²) in [5.41, 5.74) is 5.65. The van der Waals surface area contributed by atoms with Crippen molar-refractivity contribution in [3.8, 4) is 0 Å². The van der Waals surface area contributed by atoms with Gasteiger partial charge in [-0.15, -0.1) is 0 Å². The fraction of sp³-hybridized carbons (Fsp3) is 0.333. The van der Waals surface area contributed by atoms with E-state index in [1.165, 1.54) is 42.2 Å². The number of fused-ring (bicyclic) bond motifs is 1. The topological polar surface area (TPSA) is 39.9 Å². The monoisotopic (exact) mass is 363 g/mol. The first-order valence-electron chi connectivity index (χ1n) is 9.84. The maximum Gasteiger partial charge on any atom is 0.0460 e. The van der Waals surface area contributed by atoms with Gasteiger partial charge in [-0.25, -0.2) is 0 Å². The third-order valence-electron chi connectivity index (χ3n) is 4.77. The van der Waals surface area contributed by atoms with Crippen molar-refractivity contribution >= 4 is 16.5 Å². The Morgan fingerprint density at radius 3 is 2.67 bits per heavy atom. The molecule has 0 saturated heterocycles. The molecule has 1 heterocycles. The van der Waals surface area contributed by atoms with Gasteiger partial charge in [0.25, 0.3) is 0 Å². The Hall–Kier alpha value is -2.68. The predicted molar refractivity (Wildman–Crippen MR) is 120 cm³/mol. The van der Waals surface area contributed by atoms with Crippen LogP contribution in [-0.2, 0) is 0 Å². The molecule has 0 aliphatic heterocycles. The minimum absolute atomic E-state index is 0.957. The molecule has 0 bridgehead atoms. The highest BCUT2D eigenvalue weighted by molar-refractivity contribution is 5.85. The maximum absolute atomic E-state index is 4.11. The molecule has 0 aliphatic carbocycles. The second kappa shape index (κ2) is 11.1. The molecule has 1 aromatic heterocycles. The summed E-state index contributed by atoms with van der Waals surface area (Å²) in [6.07, 6.45) is 14.2. The Bertz CT molecular complexity index is 808. The average molecular weight is 364 g/mol. The van der Waals surface area contributed by atoms with E-state index in [-0.39, 0.29) is 0 Å². The molecule has 1 aromatic carbocycles. The van der Waals surface area contributed by atoms with Gasteiger partial charge in [-0.2, -0.15) is 0 Å². The van der Waals surface area contributed by atoms with E-state index in [4.69, 9.17) is 0 Å². The molecule has 3 nitrogen and oxygen atoms in total. The van der Waals surface area contributed by atoms with Crippen LogP contribution in [0.3, 0.4) is 0 Å². The van der Waals surface area contributed by atoms with Crippen LogP contribution in [-0.4, -0.2) is 18.6 Å². The quantitative estimate of drug-likeness (QED) is 0.324. The second-order valence-corrected chi connectivity index (χ2v) is 6.83. The summed E-state index contributed by atoms with van der Waals surface area (Å²) < 4.78 is 0. The van der Waals surface area contributed by atoms with Crippen molar-refractivity contribution in [3.05, 3.63) is 78.8 Å². The van der Waals surface area contributed by atoms with Crippen LogP contribution < -0.4 is 10.6 Å². The lowest BCUT2D eigenvalue weighted by molar-refractivity contribution is 0.613. The maximum atomic E-state index is 4.11. The van der Waals surface area contributed by atoms with Gasteiger partial charge in [-0.3, -0.25) is 0 Å². The molecule has 0 amide bonds. The fourth-order valence-corrected chi connectivity index (χ4v) is 3.03. The van der Waals surface area contributed by atoms with Crippen LogP contribution in [0, 0.1) is 0 Å². The van der Waals surface area contributed by atoms with E-state index in [2.05, 4.69) is 78.2 Å². The van der Waals surface area contributed by atoms with E-state index in [1.54, 1.807) is 0 Å². The lowest BCUT2D eigenvalue weighted by atomic mass is 10.0. The summed E-state index contributed by atoms with van der Waals surface area (Å²) in [5, 5.41) is 7.74. The van der Waals surface area contributed by atoms with E-state index in [1.807, 2.05) is 13.2 Å². The lowest BCUT2D eigenvalue weighted by Crippen LogP contribution is -2.12. The van der Waals surface area contributed by atoms with Gasteiger partial charge in [0, 0.05) is 36.7 Å². The van der Waals surface area contributed by atoms with E-state index < -0.39 is 0 Å². The van der Waals surface area contributed by atoms with Gasteiger partial charge in [0.2, 0.25) is 0 Å². The van der Waals surface area contributed by atoms with Crippen LogP contribution in [0.2, 0.25) is 0 Å². The number of hydrogen-bond acceptors (Lipinski definition) is 2. The van der Waals surface area contributed by atoms with Gasteiger partial charge < -0.3 is 15.6 Å². The van der Waals surface area contributed by atoms with Crippen molar-refractivity contribution in [2.24, 2.45) is 0 Å². The van der Waals surface area contributed by atoms with Crippen molar-refractivity contribution in [3.63, 3.8) is 0 Å². The third-order valence-corrected chi connectivity index (χ3v) is 4.77. The van der Waals surface area contributed by atoms with Gasteiger partial charge in [0.15, 0.2) is 0 Å². The largest absolute Gasteiger partial charge is 0.392 e. The molecule has 2 aromatic rings. The van der Waals surface area contributed by atoms with Gasteiger partial charge in [-0.1, -0.05) is 50.3 Å². The third kappa shape index (κ3) is 6.86. The minimum Gasteiger partial charge on any atom is -0.392 e. The van der Waals surface area contributed by atoms with Crippen LogP contribution in [0.1, 0.15) is 44.6 Å². The molecule has 3 heteroatoms. The molecule has 144 valence electrons. The van der Waals surface area contributed by atoms with Crippen molar-refractivity contribution in [1.82, 2.24) is 15.6 Å². The highest BCUT2D eigenvalue weighted by Crippen LogP contribution is 2.21. The summed E-state index contributed by atoms with van der Waals surface area (Å²) >= 11 is 0. The summed E-state index contributed by atoms with van der Waals surface area (Å²) in [5.74, 6) is 0. The molecule has 0 unspecified atom stereocenters. The highest BCUT2D eigenvalue weighted by atomic mass is 14.9. The second-order valence-electron chi connectivity index (χ2n) is 6.83. The Morgan fingerprint density at radius 2 is 1.89 bits per heavy atom. The molecular weight excluding hydrogens is 330 g/mol. The molecule has 0 fully saturated rings. The molecule has 2 rings (SSSR count). The smallest absolute Gasteiger partial charge is 0.0460 e. The van der Waals surface area contributed by atoms with Crippen LogP contribution >= 0.6 is 0 Å². The van der Waals surface area contributed by atoms with Crippen LogP contribution in [0.25, 0.3) is 16.5 Å². The molecule has 0 atom stereocenters. The van der Waals surface area contributed by atoms with Gasteiger partial charge in [-0.05, 0) is 60.9 Å². The summed E-state index contributed by atoms with van der Waals surface area (Å²) in [6, 6.07) is 8.59. The van der Waals surface area contributed by atoms with E-state index in [9.17, 15) is 0 Å². The first-order valence-corrected chi connectivity index (χ1v) is 9.84. The summed E-state index contributed by atoms with van der Waals surface area (Å²) in [6.45, 7) is 11.1. The first kappa shape index (κ1) is 20.6. The highest BCUT2D eigenvalue weighted by Gasteiger charge is 2.00. The number of allylic oxidation sites excluding steroid dienone is 5. The molecular formula is C24H33N3. The van der Waals surface area contributed by atoms with Crippen molar-refractivity contribution < 1.29 is 0 Å². The minimum atomic E-state index is 0.957. The molecule has 3 N–H and O–H groups in total. The Balaban J connectivity index is 1.72. The molecule has 0 saturated carbocycles.